The van der Waals surface area contributed by atoms with E-state index < -0.39 is 11.9 Å². The second kappa shape index (κ2) is 5.83. The largest absolute Gasteiger partial charge is 0.465 e. The van der Waals surface area contributed by atoms with Crippen LogP contribution in [0.1, 0.15) is 12.6 Å². The number of pyridine rings is 1. The van der Waals surface area contributed by atoms with Crippen molar-refractivity contribution in [3.8, 4) is 11.7 Å². The van der Waals surface area contributed by atoms with Gasteiger partial charge >= 0.3 is 12.2 Å². The van der Waals surface area contributed by atoms with E-state index in [2.05, 4.69) is 15.3 Å². The molecule has 1 N–H and O–H groups in total. The first kappa shape index (κ1) is 16.1. The number of nitrogens with zero attached hydrogens (tertiary/aromatic N) is 3. The zero-order valence-electron chi connectivity index (χ0n) is 13.1. The zero-order valence-corrected chi connectivity index (χ0v) is 13.9. The number of nitrogens with one attached hydrogen (secondary N) is 1. The van der Waals surface area contributed by atoms with E-state index in [0.29, 0.717) is 17.8 Å². The maximum atomic E-state index is 13.0. The van der Waals surface area contributed by atoms with Crippen LogP contribution >= 0.6 is 11.8 Å². The summed E-state index contributed by atoms with van der Waals surface area (Å²) >= 11 is 1.63. The zero-order chi connectivity index (χ0) is 17.6. The van der Waals surface area contributed by atoms with Gasteiger partial charge in [0.15, 0.2) is 5.65 Å². The number of imidazole rings is 1. The van der Waals surface area contributed by atoms with Crippen molar-refractivity contribution in [1.82, 2.24) is 14.5 Å². The van der Waals surface area contributed by atoms with Crippen molar-refractivity contribution in [3.05, 3.63) is 36.0 Å². The number of rotatable bonds is 3. The first-order valence-corrected chi connectivity index (χ1v) is 8.56. The van der Waals surface area contributed by atoms with E-state index >= 15 is 0 Å². The highest BCUT2D eigenvalue weighted by atomic mass is 32.2. The van der Waals surface area contributed by atoms with Crippen LogP contribution in [0.2, 0.25) is 0 Å². The Morgan fingerprint density at radius 2 is 2.08 bits per heavy atom. The van der Waals surface area contributed by atoms with Gasteiger partial charge in [-0.15, -0.1) is 11.8 Å². The van der Waals surface area contributed by atoms with E-state index in [1.54, 1.807) is 18.7 Å². The molecule has 4 rings (SSSR count). The van der Waals surface area contributed by atoms with E-state index in [4.69, 9.17) is 4.74 Å². The van der Waals surface area contributed by atoms with Crippen LogP contribution in [-0.2, 0) is 6.18 Å². The number of aromatic nitrogens is 3. The molecule has 0 spiro atoms. The normalized spacial score (nSPS) is 13.8. The minimum atomic E-state index is -4.52. The molecule has 2 aromatic heterocycles. The summed E-state index contributed by atoms with van der Waals surface area (Å²) in [6.07, 6.45) is -4.52. The van der Waals surface area contributed by atoms with Gasteiger partial charge in [0, 0.05) is 10.6 Å². The summed E-state index contributed by atoms with van der Waals surface area (Å²) in [4.78, 5) is 9.10. The smallest absolute Gasteiger partial charge is 0.433 e. The van der Waals surface area contributed by atoms with E-state index in [1.165, 1.54) is 10.6 Å². The SMILES string of the molecule is CCOc1nc2ccc(C(F)(F)F)nc2n1-c1ccc2c(c1)SCN2. The fraction of sp³-hybridized carbons (Fsp3) is 0.250. The van der Waals surface area contributed by atoms with Gasteiger partial charge < -0.3 is 10.1 Å². The van der Waals surface area contributed by atoms with Crippen LogP contribution in [-0.4, -0.2) is 27.0 Å². The standard InChI is InChI=1S/C16H13F3N4OS/c1-2-24-15-21-11-5-6-13(16(17,18)19)22-14(11)23(15)9-3-4-10-12(7-9)25-8-20-10/h3-7,20H,2,8H2,1H3. The molecule has 0 radical (unpaired) electrons. The topological polar surface area (TPSA) is 52.0 Å². The lowest BCUT2D eigenvalue weighted by atomic mass is 10.2. The molecule has 3 heterocycles. The van der Waals surface area contributed by atoms with Crippen LogP contribution < -0.4 is 10.1 Å². The van der Waals surface area contributed by atoms with Gasteiger partial charge in [-0.25, -0.2) is 9.55 Å². The fourth-order valence-electron chi connectivity index (χ4n) is 2.66. The number of alkyl halides is 3. The molecule has 0 bridgehead atoms. The predicted octanol–water partition coefficient (Wildman–Crippen LogP) is 4.31. The van der Waals surface area contributed by atoms with E-state index in [9.17, 15) is 13.2 Å². The Bertz CT molecular complexity index is 954. The molecule has 3 aromatic rings. The first-order valence-electron chi connectivity index (χ1n) is 7.58. The lowest BCUT2D eigenvalue weighted by molar-refractivity contribution is -0.141. The molecule has 0 atom stereocenters. The Morgan fingerprint density at radius 3 is 2.84 bits per heavy atom. The number of hydrogen-bond donors (Lipinski definition) is 1. The van der Waals surface area contributed by atoms with Crippen molar-refractivity contribution >= 4 is 28.6 Å². The number of benzene rings is 1. The molecule has 5 nitrogen and oxygen atoms in total. The molecular formula is C16H13F3N4OS. The molecule has 0 aliphatic carbocycles. The summed E-state index contributed by atoms with van der Waals surface area (Å²) in [5.74, 6) is 0.762. The molecule has 1 aliphatic heterocycles. The lowest BCUT2D eigenvalue weighted by Crippen LogP contribution is -2.09. The summed E-state index contributed by atoms with van der Waals surface area (Å²) in [5, 5.41) is 3.22. The van der Waals surface area contributed by atoms with Crippen molar-refractivity contribution < 1.29 is 17.9 Å². The number of ether oxygens (including phenoxy) is 1. The molecule has 1 aliphatic rings. The Kier molecular flexibility index (Phi) is 3.75. The second-order valence-electron chi connectivity index (χ2n) is 5.35. The number of fused-ring (bicyclic) bond motifs is 2. The highest BCUT2D eigenvalue weighted by molar-refractivity contribution is 7.99. The van der Waals surface area contributed by atoms with Gasteiger partial charge in [0.25, 0.3) is 0 Å². The van der Waals surface area contributed by atoms with E-state index in [1.807, 2.05) is 18.2 Å². The molecule has 0 saturated carbocycles. The third kappa shape index (κ3) is 2.78. The summed E-state index contributed by atoms with van der Waals surface area (Å²) in [6, 6.07) is 8.06. The fourth-order valence-corrected chi connectivity index (χ4v) is 3.54. The first-order chi connectivity index (χ1) is 12.0. The van der Waals surface area contributed by atoms with Crippen molar-refractivity contribution in [2.75, 3.05) is 17.8 Å². The Balaban J connectivity index is 1.94. The second-order valence-corrected chi connectivity index (χ2v) is 6.36. The maximum Gasteiger partial charge on any atom is 0.433 e. The summed E-state index contributed by atoms with van der Waals surface area (Å²) in [7, 11) is 0. The van der Waals surface area contributed by atoms with Crippen molar-refractivity contribution in [3.63, 3.8) is 0 Å². The summed E-state index contributed by atoms with van der Waals surface area (Å²) in [5.41, 5.74) is 1.17. The van der Waals surface area contributed by atoms with E-state index in [-0.39, 0.29) is 11.7 Å². The van der Waals surface area contributed by atoms with Gasteiger partial charge in [0.1, 0.15) is 11.2 Å². The lowest BCUT2D eigenvalue weighted by Gasteiger charge is -2.11. The van der Waals surface area contributed by atoms with Crippen LogP contribution in [0.25, 0.3) is 16.9 Å². The Morgan fingerprint density at radius 1 is 1.24 bits per heavy atom. The number of hydrogen-bond acceptors (Lipinski definition) is 5. The van der Waals surface area contributed by atoms with Crippen molar-refractivity contribution in [1.29, 1.82) is 0 Å². The minimum Gasteiger partial charge on any atom is -0.465 e. The average Bonchev–Trinajstić information content (AvgIpc) is 3.16. The van der Waals surface area contributed by atoms with Gasteiger partial charge in [0.05, 0.1) is 18.2 Å². The van der Waals surface area contributed by atoms with Crippen LogP contribution in [0.3, 0.4) is 0 Å². The molecule has 0 unspecified atom stereocenters. The van der Waals surface area contributed by atoms with Crippen molar-refractivity contribution in [2.45, 2.75) is 18.0 Å². The van der Waals surface area contributed by atoms with Crippen LogP contribution in [0.4, 0.5) is 18.9 Å². The molecule has 130 valence electrons. The van der Waals surface area contributed by atoms with Gasteiger partial charge in [-0.2, -0.15) is 18.2 Å². The highest BCUT2D eigenvalue weighted by Crippen LogP contribution is 2.37. The van der Waals surface area contributed by atoms with Crippen molar-refractivity contribution in [2.24, 2.45) is 0 Å². The quantitative estimate of drug-likeness (QED) is 0.748. The van der Waals surface area contributed by atoms with Gasteiger partial charge in [0.2, 0.25) is 0 Å². The number of halogens is 3. The molecule has 1 aromatic carbocycles. The Hall–Kier alpha value is -2.42. The van der Waals surface area contributed by atoms with Gasteiger partial charge in [-0.3, -0.25) is 0 Å². The third-order valence-electron chi connectivity index (χ3n) is 3.75. The third-order valence-corrected chi connectivity index (χ3v) is 4.69. The van der Waals surface area contributed by atoms with Gasteiger partial charge in [-0.05, 0) is 37.3 Å². The molecule has 9 heteroatoms. The minimum absolute atomic E-state index is 0.120. The molecule has 0 amide bonds. The van der Waals surface area contributed by atoms with Gasteiger partial charge in [-0.1, -0.05) is 0 Å². The average molecular weight is 366 g/mol. The maximum absolute atomic E-state index is 13.0. The molecule has 0 fully saturated rings. The van der Waals surface area contributed by atoms with E-state index in [0.717, 1.165) is 22.5 Å². The highest BCUT2D eigenvalue weighted by Gasteiger charge is 2.33. The predicted molar refractivity (Wildman–Crippen MR) is 89.4 cm³/mol. The monoisotopic (exact) mass is 366 g/mol. The van der Waals surface area contributed by atoms with Crippen LogP contribution in [0, 0.1) is 0 Å². The number of thioether (sulfide) groups is 1. The molecule has 25 heavy (non-hydrogen) atoms. The molecular weight excluding hydrogens is 353 g/mol. The summed E-state index contributed by atoms with van der Waals surface area (Å²) in [6.45, 7) is 2.14. The Labute approximate surface area is 145 Å². The van der Waals surface area contributed by atoms with Crippen LogP contribution in [0.5, 0.6) is 6.01 Å². The van der Waals surface area contributed by atoms with Crippen LogP contribution in [0.15, 0.2) is 35.2 Å². The number of anilines is 1. The summed E-state index contributed by atoms with van der Waals surface area (Å²) < 4.78 is 46.2. The molecule has 0 saturated heterocycles.